The zero-order chi connectivity index (χ0) is 15.2. The number of rotatable bonds is 12. The van der Waals surface area contributed by atoms with E-state index in [0.717, 1.165) is 0 Å². The third kappa shape index (κ3) is 9.50. The summed E-state index contributed by atoms with van der Waals surface area (Å²) in [7, 11) is 0. The van der Waals surface area contributed by atoms with Crippen molar-refractivity contribution in [1.82, 2.24) is 0 Å². The first-order chi connectivity index (χ1) is 10.4. The molecular formula is C21H34. The Bertz CT molecular complexity index is 375. The van der Waals surface area contributed by atoms with Gasteiger partial charge in [0.2, 0.25) is 0 Å². The molecular weight excluding hydrogens is 252 g/mol. The third-order valence-corrected chi connectivity index (χ3v) is 4.05. The lowest BCUT2D eigenvalue weighted by atomic mass is 10.0. The standard InChI is InChI=1S/C21H34/c1-3-5-7-9-10-11-13-16-21-18-14-17-20(19-21)15-12-8-6-4-2/h12,14-15,17-19H,3-11,13,16H2,1-2H3/b15-12+. The van der Waals surface area contributed by atoms with E-state index in [1.54, 1.807) is 0 Å². The molecule has 0 bridgehead atoms. The van der Waals surface area contributed by atoms with Crippen LogP contribution in [-0.2, 0) is 6.42 Å². The van der Waals surface area contributed by atoms with E-state index in [2.05, 4.69) is 50.3 Å². The summed E-state index contributed by atoms with van der Waals surface area (Å²) in [6.45, 7) is 4.53. The second kappa shape index (κ2) is 12.7. The van der Waals surface area contributed by atoms with Crippen molar-refractivity contribution in [3.63, 3.8) is 0 Å². The minimum atomic E-state index is 1.21. The lowest BCUT2D eigenvalue weighted by molar-refractivity contribution is 0.589. The van der Waals surface area contributed by atoms with Crippen LogP contribution in [0.25, 0.3) is 6.08 Å². The van der Waals surface area contributed by atoms with Gasteiger partial charge in [-0.2, -0.15) is 0 Å². The van der Waals surface area contributed by atoms with Crippen molar-refractivity contribution in [3.8, 4) is 0 Å². The molecule has 0 fully saturated rings. The number of aryl methyl sites for hydroxylation is 1. The fraction of sp³-hybridized carbons (Fsp3) is 0.619. The highest BCUT2D eigenvalue weighted by atomic mass is 14.0. The molecule has 0 aromatic heterocycles. The van der Waals surface area contributed by atoms with Crippen LogP contribution in [0.15, 0.2) is 30.3 Å². The van der Waals surface area contributed by atoms with E-state index in [-0.39, 0.29) is 0 Å². The summed E-state index contributed by atoms with van der Waals surface area (Å²) < 4.78 is 0. The topological polar surface area (TPSA) is 0 Å². The van der Waals surface area contributed by atoms with E-state index in [0.29, 0.717) is 0 Å². The maximum absolute atomic E-state index is 2.36. The van der Waals surface area contributed by atoms with Crippen molar-refractivity contribution in [2.24, 2.45) is 0 Å². The van der Waals surface area contributed by atoms with Gasteiger partial charge in [-0.25, -0.2) is 0 Å². The molecule has 0 nitrogen and oxygen atoms in total. The Kier molecular flexibility index (Phi) is 10.9. The van der Waals surface area contributed by atoms with E-state index in [4.69, 9.17) is 0 Å². The van der Waals surface area contributed by atoms with E-state index in [1.807, 2.05) is 0 Å². The minimum Gasteiger partial charge on any atom is -0.0839 e. The molecule has 1 aromatic rings. The summed E-state index contributed by atoms with van der Waals surface area (Å²) in [4.78, 5) is 0. The molecule has 0 unspecified atom stereocenters. The highest BCUT2D eigenvalue weighted by Crippen LogP contribution is 2.13. The lowest BCUT2D eigenvalue weighted by Gasteiger charge is -2.04. The zero-order valence-electron chi connectivity index (χ0n) is 14.2. The monoisotopic (exact) mass is 286 g/mol. The molecule has 1 rings (SSSR count). The van der Waals surface area contributed by atoms with Crippen molar-refractivity contribution < 1.29 is 0 Å². The van der Waals surface area contributed by atoms with Crippen molar-refractivity contribution in [3.05, 3.63) is 41.5 Å². The molecule has 0 N–H and O–H groups in total. The largest absolute Gasteiger partial charge is 0.0839 e. The minimum absolute atomic E-state index is 1.21. The van der Waals surface area contributed by atoms with Crippen LogP contribution in [0.5, 0.6) is 0 Å². The lowest BCUT2D eigenvalue weighted by Crippen LogP contribution is -1.87. The van der Waals surface area contributed by atoms with Gasteiger partial charge in [-0.1, -0.05) is 102 Å². The Hall–Kier alpha value is -1.04. The molecule has 0 saturated heterocycles. The predicted octanol–water partition coefficient (Wildman–Crippen LogP) is 7.18. The summed E-state index contributed by atoms with van der Waals surface area (Å²) in [5.41, 5.74) is 2.87. The molecule has 0 heteroatoms. The first-order valence-corrected chi connectivity index (χ1v) is 9.12. The predicted molar refractivity (Wildman–Crippen MR) is 96.7 cm³/mol. The fourth-order valence-corrected chi connectivity index (χ4v) is 2.68. The van der Waals surface area contributed by atoms with Gasteiger partial charge in [0.15, 0.2) is 0 Å². The number of allylic oxidation sites excluding steroid dienone is 1. The molecule has 1 aromatic carbocycles. The first kappa shape index (κ1) is 18.0. The van der Waals surface area contributed by atoms with Gasteiger partial charge in [-0.05, 0) is 30.4 Å². The van der Waals surface area contributed by atoms with E-state index < -0.39 is 0 Å². The SMILES string of the molecule is CCCC/C=C/c1cccc(CCCCCCCCC)c1. The van der Waals surface area contributed by atoms with Crippen molar-refractivity contribution in [2.75, 3.05) is 0 Å². The van der Waals surface area contributed by atoms with Crippen LogP contribution in [-0.4, -0.2) is 0 Å². The van der Waals surface area contributed by atoms with Gasteiger partial charge in [0.1, 0.15) is 0 Å². The highest BCUT2D eigenvalue weighted by molar-refractivity contribution is 5.50. The van der Waals surface area contributed by atoms with Crippen molar-refractivity contribution >= 4 is 6.08 Å². The fourth-order valence-electron chi connectivity index (χ4n) is 2.68. The number of hydrogen-bond acceptors (Lipinski definition) is 0. The molecule has 0 heterocycles. The molecule has 0 atom stereocenters. The normalized spacial score (nSPS) is 11.3. The molecule has 0 radical (unpaired) electrons. The average molecular weight is 287 g/mol. The maximum Gasteiger partial charge on any atom is -0.0257 e. The molecule has 0 amide bonds. The second-order valence-electron chi connectivity index (χ2n) is 6.16. The van der Waals surface area contributed by atoms with E-state index in [1.165, 1.54) is 81.8 Å². The Balaban J connectivity index is 2.21. The summed E-state index contributed by atoms with van der Waals surface area (Å²) in [6, 6.07) is 9.06. The van der Waals surface area contributed by atoms with Gasteiger partial charge < -0.3 is 0 Å². The summed E-state index contributed by atoms with van der Waals surface area (Å²) in [5.74, 6) is 0. The van der Waals surface area contributed by atoms with Gasteiger partial charge in [0.05, 0.1) is 0 Å². The van der Waals surface area contributed by atoms with Crippen LogP contribution in [0.3, 0.4) is 0 Å². The summed E-state index contributed by atoms with van der Waals surface area (Å²) in [6.07, 6.45) is 19.4. The molecule has 21 heavy (non-hydrogen) atoms. The maximum atomic E-state index is 2.36. The number of hydrogen-bond donors (Lipinski definition) is 0. The van der Waals surface area contributed by atoms with Gasteiger partial charge in [0.25, 0.3) is 0 Å². The highest BCUT2D eigenvalue weighted by Gasteiger charge is 1.95. The van der Waals surface area contributed by atoms with Gasteiger partial charge in [-0.15, -0.1) is 0 Å². The molecule has 0 saturated carbocycles. The smallest absolute Gasteiger partial charge is 0.0257 e. The van der Waals surface area contributed by atoms with Crippen LogP contribution < -0.4 is 0 Å². The van der Waals surface area contributed by atoms with Crippen LogP contribution in [0.4, 0.5) is 0 Å². The molecule has 118 valence electrons. The first-order valence-electron chi connectivity index (χ1n) is 9.12. The van der Waals surface area contributed by atoms with Crippen LogP contribution >= 0.6 is 0 Å². The van der Waals surface area contributed by atoms with Crippen LogP contribution in [0.2, 0.25) is 0 Å². The van der Waals surface area contributed by atoms with E-state index in [9.17, 15) is 0 Å². The second-order valence-corrected chi connectivity index (χ2v) is 6.16. The molecule has 0 aliphatic heterocycles. The van der Waals surface area contributed by atoms with E-state index >= 15 is 0 Å². The molecule has 0 spiro atoms. The van der Waals surface area contributed by atoms with Gasteiger partial charge >= 0.3 is 0 Å². The van der Waals surface area contributed by atoms with Crippen LogP contribution in [0.1, 0.15) is 89.2 Å². The molecule has 0 aliphatic carbocycles. The Morgan fingerprint density at radius 3 is 2.29 bits per heavy atom. The summed E-state index contributed by atoms with van der Waals surface area (Å²) in [5, 5.41) is 0. The van der Waals surface area contributed by atoms with Gasteiger partial charge in [0, 0.05) is 0 Å². The zero-order valence-corrected chi connectivity index (χ0v) is 14.2. The van der Waals surface area contributed by atoms with Crippen molar-refractivity contribution in [1.29, 1.82) is 0 Å². The number of benzene rings is 1. The van der Waals surface area contributed by atoms with Crippen LogP contribution in [0, 0.1) is 0 Å². The number of unbranched alkanes of at least 4 members (excludes halogenated alkanes) is 8. The quantitative estimate of drug-likeness (QED) is 0.357. The average Bonchev–Trinajstić information content (AvgIpc) is 2.51. The van der Waals surface area contributed by atoms with Crippen molar-refractivity contribution in [2.45, 2.75) is 84.5 Å². The third-order valence-electron chi connectivity index (χ3n) is 4.05. The Labute approximate surface area is 132 Å². The molecule has 0 aliphatic rings. The summed E-state index contributed by atoms with van der Waals surface area (Å²) >= 11 is 0. The Morgan fingerprint density at radius 1 is 0.810 bits per heavy atom. The Morgan fingerprint density at radius 2 is 1.52 bits per heavy atom. The van der Waals surface area contributed by atoms with Gasteiger partial charge in [-0.3, -0.25) is 0 Å².